The van der Waals surface area contributed by atoms with E-state index in [1.54, 1.807) is 4.90 Å². The maximum atomic E-state index is 12.5. The van der Waals surface area contributed by atoms with Gasteiger partial charge in [0.05, 0.1) is 24.4 Å². The number of benzene rings is 1. The highest BCUT2D eigenvalue weighted by atomic mass is 32.1. The van der Waals surface area contributed by atoms with Crippen LogP contribution in [0.15, 0.2) is 46.2 Å². The van der Waals surface area contributed by atoms with Gasteiger partial charge in [0.2, 0.25) is 5.89 Å². The fourth-order valence-electron chi connectivity index (χ4n) is 2.73. The van der Waals surface area contributed by atoms with E-state index in [0.29, 0.717) is 24.1 Å². The molecule has 0 fully saturated rings. The minimum atomic E-state index is -0.491. The summed E-state index contributed by atoms with van der Waals surface area (Å²) in [6.07, 6.45) is 0.804. The van der Waals surface area contributed by atoms with Gasteiger partial charge < -0.3 is 18.8 Å². The lowest BCUT2D eigenvalue weighted by Crippen LogP contribution is -2.35. The number of rotatable bonds is 11. The lowest BCUT2D eigenvalue weighted by Gasteiger charge is -2.20. The SMILES string of the molecule is CCCN(Cc1nnc(-c2cccs2)o1)C(=O)COC(=O)CCOc1ccc(C)cc1. The van der Waals surface area contributed by atoms with Crippen molar-refractivity contribution in [2.24, 2.45) is 0 Å². The third-order valence-corrected chi connectivity index (χ3v) is 5.18. The molecule has 0 aliphatic rings. The van der Waals surface area contributed by atoms with Crippen molar-refractivity contribution in [3.63, 3.8) is 0 Å². The number of hydrogen-bond donors (Lipinski definition) is 0. The Morgan fingerprint density at radius 3 is 2.68 bits per heavy atom. The minimum absolute atomic E-state index is 0.0583. The second-order valence-electron chi connectivity index (χ2n) is 6.87. The van der Waals surface area contributed by atoms with Gasteiger partial charge in [-0.05, 0) is 36.9 Å². The van der Waals surface area contributed by atoms with E-state index in [0.717, 1.165) is 16.9 Å². The first-order valence-corrected chi connectivity index (χ1v) is 10.9. The van der Waals surface area contributed by atoms with E-state index in [4.69, 9.17) is 13.9 Å². The molecule has 1 aromatic carbocycles. The van der Waals surface area contributed by atoms with Crippen LogP contribution in [0.3, 0.4) is 0 Å². The van der Waals surface area contributed by atoms with E-state index in [1.807, 2.05) is 55.6 Å². The number of aryl methyl sites for hydroxylation is 1. The first kappa shape index (κ1) is 22.5. The van der Waals surface area contributed by atoms with Gasteiger partial charge in [-0.3, -0.25) is 9.59 Å². The zero-order valence-electron chi connectivity index (χ0n) is 17.6. The zero-order chi connectivity index (χ0) is 22.1. The first-order valence-electron chi connectivity index (χ1n) is 10.0. The first-order chi connectivity index (χ1) is 15.0. The van der Waals surface area contributed by atoms with Crippen molar-refractivity contribution in [2.75, 3.05) is 19.8 Å². The average molecular weight is 444 g/mol. The summed E-state index contributed by atoms with van der Waals surface area (Å²) in [7, 11) is 0. The van der Waals surface area contributed by atoms with Crippen molar-refractivity contribution in [3.8, 4) is 16.5 Å². The number of aromatic nitrogens is 2. The maximum absolute atomic E-state index is 12.5. The Labute approximate surface area is 184 Å². The third kappa shape index (κ3) is 6.92. The highest BCUT2D eigenvalue weighted by Crippen LogP contribution is 2.23. The smallest absolute Gasteiger partial charge is 0.309 e. The molecule has 9 heteroatoms. The van der Waals surface area contributed by atoms with Crippen LogP contribution < -0.4 is 4.74 Å². The standard InChI is InChI=1S/C22H25N3O5S/c1-3-11-25(14-19-23-24-22(30-19)18-5-4-13-31-18)20(26)15-29-21(27)10-12-28-17-8-6-16(2)7-9-17/h4-9,13H,3,10-12,14-15H2,1-2H3. The monoisotopic (exact) mass is 443 g/mol. The highest BCUT2D eigenvalue weighted by Gasteiger charge is 2.19. The molecule has 8 nitrogen and oxygen atoms in total. The molecular formula is C22H25N3O5S. The van der Waals surface area contributed by atoms with E-state index in [1.165, 1.54) is 11.3 Å². The maximum Gasteiger partial charge on any atom is 0.309 e. The lowest BCUT2D eigenvalue weighted by molar-refractivity contribution is -0.152. The fourth-order valence-corrected chi connectivity index (χ4v) is 3.38. The van der Waals surface area contributed by atoms with Gasteiger partial charge >= 0.3 is 5.97 Å². The van der Waals surface area contributed by atoms with Crippen LogP contribution in [-0.4, -0.2) is 46.7 Å². The van der Waals surface area contributed by atoms with Crippen LogP contribution in [0.5, 0.6) is 5.75 Å². The summed E-state index contributed by atoms with van der Waals surface area (Å²) in [5, 5.41) is 9.97. The molecule has 164 valence electrons. The molecule has 0 spiro atoms. The molecule has 0 aliphatic heterocycles. The third-order valence-electron chi connectivity index (χ3n) is 4.32. The number of carbonyl (C=O) groups excluding carboxylic acids is 2. The second kappa shape index (κ2) is 11.3. The zero-order valence-corrected chi connectivity index (χ0v) is 18.4. The molecule has 0 aliphatic carbocycles. The minimum Gasteiger partial charge on any atom is -0.493 e. The summed E-state index contributed by atoms with van der Waals surface area (Å²) >= 11 is 1.50. The van der Waals surface area contributed by atoms with Gasteiger partial charge in [0.25, 0.3) is 11.8 Å². The van der Waals surface area contributed by atoms with Crippen molar-refractivity contribution in [2.45, 2.75) is 33.2 Å². The molecule has 0 unspecified atom stereocenters. The quantitative estimate of drug-likeness (QED) is 0.415. The predicted molar refractivity (Wildman–Crippen MR) is 116 cm³/mol. The molecule has 0 N–H and O–H groups in total. The lowest BCUT2D eigenvalue weighted by atomic mass is 10.2. The fraction of sp³-hybridized carbons (Fsp3) is 0.364. The molecule has 0 atom stereocenters. The Morgan fingerprint density at radius 1 is 1.16 bits per heavy atom. The number of carbonyl (C=O) groups is 2. The predicted octanol–water partition coefficient (Wildman–Crippen LogP) is 3.86. The normalized spacial score (nSPS) is 10.6. The Kier molecular flexibility index (Phi) is 8.17. The van der Waals surface area contributed by atoms with Crippen molar-refractivity contribution < 1.29 is 23.5 Å². The van der Waals surface area contributed by atoms with Gasteiger partial charge in [-0.2, -0.15) is 0 Å². The molecule has 0 radical (unpaired) electrons. The van der Waals surface area contributed by atoms with Gasteiger partial charge in [-0.25, -0.2) is 0 Å². The number of nitrogens with zero attached hydrogens (tertiary/aromatic N) is 3. The van der Waals surface area contributed by atoms with E-state index < -0.39 is 5.97 Å². The summed E-state index contributed by atoms with van der Waals surface area (Å²) in [5.74, 6) is 0.641. The molecular weight excluding hydrogens is 418 g/mol. The number of esters is 1. The van der Waals surface area contributed by atoms with E-state index in [9.17, 15) is 9.59 Å². The average Bonchev–Trinajstić information content (AvgIpc) is 3.45. The molecule has 2 aromatic heterocycles. The topological polar surface area (TPSA) is 94.8 Å². The van der Waals surface area contributed by atoms with Crippen LogP contribution in [0.4, 0.5) is 0 Å². The van der Waals surface area contributed by atoms with E-state index >= 15 is 0 Å². The largest absolute Gasteiger partial charge is 0.493 e. The Hall–Kier alpha value is -3.20. The molecule has 3 rings (SSSR count). The molecule has 0 bridgehead atoms. The molecule has 31 heavy (non-hydrogen) atoms. The second-order valence-corrected chi connectivity index (χ2v) is 7.81. The summed E-state index contributed by atoms with van der Waals surface area (Å²) in [5.41, 5.74) is 1.13. The van der Waals surface area contributed by atoms with Crippen LogP contribution in [0.2, 0.25) is 0 Å². The van der Waals surface area contributed by atoms with E-state index in [2.05, 4.69) is 10.2 Å². The summed E-state index contributed by atoms with van der Waals surface area (Å²) in [6, 6.07) is 11.3. The van der Waals surface area contributed by atoms with Gasteiger partial charge in [-0.1, -0.05) is 30.7 Å². The van der Waals surface area contributed by atoms with Crippen molar-refractivity contribution in [1.29, 1.82) is 0 Å². The molecule has 3 aromatic rings. The van der Waals surface area contributed by atoms with Crippen molar-refractivity contribution >= 4 is 23.2 Å². The van der Waals surface area contributed by atoms with Crippen LogP contribution >= 0.6 is 11.3 Å². The van der Waals surface area contributed by atoms with Gasteiger partial charge in [0, 0.05) is 6.54 Å². The number of thiophene rings is 1. The number of amides is 1. The van der Waals surface area contributed by atoms with Crippen LogP contribution in [0.25, 0.3) is 10.8 Å². The van der Waals surface area contributed by atoms with Gasteiger partial charge in [0.1, 0.15) is 5.75 Å². The Morgan fingerprint density at radius 2 is 1.97 bits per heavy atom. The number of hydrogen-bond acceptors (Lipinski definition) is 8. The highest BCUT2D eigenvalue weighted by molar-refractivity contribution is 7.13. The van der Waals surface area contributed by atoms with Gasteiger partial charge in [-0.15, -0.1) is 21.5 Å². The molecule has 0 saturated carbocycles. The van der Waals surface area contributed by atoms with E-state index in [-0.39, 0.29) is 32.1 Å². The summed E-state index contributed by atoms with van der Waals surface area (Å²) in [4.78, 5) is 26.9. The Balaban J connectivity index is 1.44. The van der Waals surface area contributed by atoms with Crippen LogP contribution in [0, 0.1) is 6.92 Å². The number of ether oxygens (including phenoxy) is 2. The van der Waals surface area contributed by atoms with Gasteiger partial charge in [0.15, 0.2) is 6.61 Å². The van der Waals surface area contributed by atoms with Crippen LogP contribution in [-0.2, 0) is 20.9 Å². The molecule has 0 saturated heterocycles. The summed E-state index contributed by atoms with van der Waals surface area (Å²) < 4.78 is 16.3. The molecule has 1 amide bonds. The van der Waals surface area contributed by atoms with Crippen molar-refractivity contribution in [1.82, 2.24) is 15.1 Å². The Bertz CT molecular complexity index is 969. The summed E-state index contributed by atoms with van der Waals surface area (Å²) in [6.45, 7) is 4.45. The molecule has 2 heterocycles. The van der Waals surface area contributed by atoms with Crippen molar-refractivity contribution in [3.05, 3.63) is 53.2 Å². The van der Waals surface area contributed by atoms with Crippen LogP contribution in [0.1, 0.15) is 31.2 Å².